The maximum absolute atomic E-state index is 13.3. The van der Waals surface area contributed by atoms with Gasteiger partial charge in [0.2, 0.25) is 10.0 Å². The number of methoxy groups -OCH3 is 4. The molecule has 0 bridgehead atoms. The van der Waals surface area contributed by atoms with E-state index in [1.54, 1.807) is 52.7 Å². The van der Waals surface area contributed by atoms with Gasteiger partial charge in [-0.1, -0.05) is 12.1 Å². The van der Waals surface area contributed by atoms with E-state index in [2.05, 4.69) is 9.62 Å². The molecule has 1 heterocycles. The van der Waals surface area contributed by atoms with Gasteiger partial charge in [-0.25, -0.2) is 13.1 Å². The molecule has 0 amide bonds. The van der Waals surface area contributed by atoms with Crippen molar-refractivity contribution in [1.82, 2.24) is 9.62 Å². The zero-order chi connectivity index (χ0) is 26.6. The van der Waals surface area contributed by atoms with Gasteiger partial charge < -0.3 is 18.9 Å². The molecule has 0 spiro atoms. The smallest absolute Gasteiger partial charge is 0.240 e. The minimum atomic E-state index is -3.77. The van der Waals surface area contributed by atoms with E-state index in [-0.39, 0.29) is 10.9 Å². The Bertz CT molecular complexity index is 1310. The Labute approximate surface area is 219 Å². The van der Waals surface area contributed by atoms with E-state index >= 15 is 0 Å². The second-order valence-electron chi connectivity index (χ2n) is 9.00. The van der Waals surface area contributed by atoms with E-state index in [1.165, 1.54) is 0 Å². The summed E-state index contributed by atoms with van der Waals surface area (Å²) in [6, 6.07) is 17.6. The van der Waals surface area contributed by atoms with Crippen LogP contribution in [0.15, 0.2) is 65.6 Å². The quantitative estimate of drug-likeness (QED) is 0.424. The molecular formula is C28H34N2O6S. The summed E-state index contributed by atoms with van der Waals surface area (Å²) in [5, 5.41) is 0. The number of benzene rings is 3. The summed E-state index contributed by atoms with van der Waals surface area (Å²) in [5.41, 5.74) is 3.24. The van der Waals surface area contributed by atoms with Crippen molar-refractivity contribution < 1.29 is 27.4 Å². The monoisotopic (exact) mass is 526 g/mol. The van der Waals surface area contributed by atoms with E-state index in [0.29, 0.717) is 23.8 Å². The van der Waals surface area contributed by atoms with Crippen LogP contribution >= 0.6 is 0 Å². The summed E-state index contributed by atoms with van der Waals surface area (Å²) >= 11 is 0. The fraction of sp³-hybridized carbons (Fsp3) is 0.357. The van der Waals surface area contributed by atoms with Crippen molar-refractivity contribution in [3.8, 4) is 23.0 Å². The Morgan fingerprint density at radius 3 is 2.00 bits per heavy atom. The summed E-state index contributed by atoms with van der Waals surface area (Å²) in [7, 11) is 2.64. The largest absolute Gasteiger partial charge is 0.497 e. The Kier molecular flexibility index (Phi) is 8.26. The SMILES string of the molecule is COc1ccc(CN2CCc3cc(OC)c(OC)cc3C2C(C)NS(=O)(=O)c2ccc(OC)cc2)cc1. The topological polar surface area (TPSA) is 86.3 Å². The van der Waals surface area contributed by atoms with Crippen LogP contribution in [0.3, 0.4) is 0 Å². The van der Waals surface area contributed by atoms with Crippen molar-refractivity contribution in [2.45, 2.75) is 36.9 Å². The molecule has 9 heteroatoms. The lowest BCUT2D eigenvalue weighted by molar-refractivity contribution is 0.150. The third-order valence-corrected chi connectivity index (χ3v) is 8.33. The van der Waals surface area contributed by atoms with Crippen molar-refractivity contribution in [3.63, 3.8) is 0 Å². The van der Waals surface area contributed by atoms with Crippen LogP contribution in [-0.4, -0.2) is 54.3 Å². The minimum Gasteiger partial charge on any atom is -0.497 e. The lowest BCUT2D eigenvalue weighted by Gasteiger charge is -2.41. The van der Waals surface area contributed by atoms with Crippen molar-refractivity contribution in [2.24, 2.45) is 0 Å². The van der Waals surface area contributed by atoms with Crippen molar-refractivity contribution in [3.05, 3.63) is 77.4 Å². The lowest BCUT2D eigenvalue weighted by Crippen LogP contribution is -2.47. The predicted octanol–water partition coefficient (Wildman–Crippen LogP) is 4.19. The van der Waals surface area contributed by atoms with E-state index in [9.17, 15) is 8.42 Å². The zero-order valence-electron chi connectivity index (χ0n) is 21.9. The number of hydrogen-bond acceptors (Lipinski definition) is 7. The van der Waals surface area contributed by atoms with E-state index in [0.717, 1.165) is 35.4 Å². The number of fused-ring (bicyclic) bond motifs is 1. The Morgan fingerprint density at radius 2 is 1.43 bits per heavy atom. The first-order valence-corrected chi connectivity index (χ1v) is 13.6. The molecule has 4 rings (SSSR count). The second kappa shape index (κ2) is 11.4. The molecule has 0 aliphatic carbocycles. The second-order valence-corrected chi connectivity index (χ2v) is 10.7. The zero-order valence-corrected chi connectivity index (χ0v) is 22.7. The molecule has 1 N–H and O–H groups in total. The number of nitrogens with one attached hydrogen (secondary N) is 1. The molecule has 2 unspecified atom stereocenters. The summed E-state index contributed by atoms with van der Waals surface area (Å²) in [6.45, 7) is 3.31. The van der Waals surface area contributed by atoms with Crippen LogP contribution < -0.4 is 23.7 Å². The fourth-order valence-electron chi connectivity index (χ4n) is 4.89. The van der Waals surface area contributed by atoms with Gasteiger partial charge in [-0.05, 0) is 78.6 Å². The maximum Gasteiger partial charge on any atom is 0.240 e. The number of sulfonamides is 1. The first-order chi connectivity index (χ1) is 17.8. The van der Waals surface area contributed by atoms with Gasteiger partial charge in [0, 0.05) is 19.1 Å². The molecule has 37 heavy (non-hydrogen) atoms. The highest BCUT2D eigenvalue weighted by Gasteiger charge is 2.35. The van der Waals surface area contributed by atoms with Crippen LogP contribution in [0, 0.1) is 0 Å². The van der Waals surface area contributed by atoms with Crippen LogP contribution in [0.5, 0.6) is 23.0 Å². The molecule has 0 radical (unpaired) electrons. The first kappa shape index (κ1) is 26.8. The summed E-state index contributed by atoms with van der Waals surface area (Å²) in [4.78, 5) is 2.49. The Hall–Kier alpha value is -3.27. The summed E-state index contributed by atoms with van der Waals surface area (Å²) in [6.07, 6.45) is 0.806. The highest BCUT2D eigenvalue weighted by atomic mass is 32.2. The van der Waals surface area contributed by atoms with E-state index in [1.807, 2.05) is 43.3 Å². The number of nitrogens with zero attached hydrogens (tertiary/aromatic N) is 1. The van der Waals surface area contributed by atoms with Crippen molar-refractivity contribution in [2.75, 3.05) is 35.0 Å². The third kappa shape index (κ3) is 5.84. The fourth-order valence-corrected chi connectivity index (χ4v) is 6.14. The highest BCUT2D eigenvalue weighted by Crippen LogP contribution is 2.40. The lowest BCUT2D eigenvalue weighted by atomic mass is 9.88. The molecular weight excluding hydrogens is 492 g/mol. The highest BCUT2D eigenvalue weighted by molar-refractivity contribution is 7.89. The summed E-state index contributed by atoms with van der Waals surface area (Å²) < 4.78 is 51.2. The molecule has 3 aromatic rings. The molecule has 8 nitrogen and oxygen atoms in total. The van der Waals surface area contributed by atoms with Crippen molar-refractivity contribution in [1.29, 1.82) is 0 Å². The maximum atomic E-state index is 13.3. The van der Waals surface area contributed by atoms with Crippen LogP contribution in [0.1, 0.15) is 29.7 Å². The molecule has 0 saturated carbocycles. The standard InChI is InChI=1S/C28H34N2O6S/c1-19(29-37(31,32)24-12-10-23(34-3)11-13-24)28-25-17-27(36-5)26(35-4)16-21(25)14-15-30(28)18-20-6-8-22(33-2)9-7-20/h6-13,16-17,19,28-29H,14-15,18H2,1-5H3. The Balaban J connectivity index is 1.69. The molecule has 3 aromatic carbocycles. The third-order valence-electron chi connectivity index (χ3n) is 6.75. The predicted molar refractivity (Wildman–Crippen MR) is 142 cm³/mol. The van der Waals surface area contributed by atoms with Gasteiger partial charge in [-0.2, -0.15) is 0 Å². The molecule has 0 saturated heterocycles. The van der Waals surface area contributed by atoms with Gasteiger partial charge in [0.05, 0.1) is 39.4 Å². The number of hydrogen-bond donors (Lipinski definition) is 1. The van der Waals surface area contributed by atoms with Crippen LogP contribution in [0.4, 0.5) is 0 Å². The average Bonchev–Trinajstić information content (AvgIpc) is 2.92. The van der Waals surface area contributed by atoms with E-state index in [4.69, 9.17) is 18.9 Å². The van der Waals surface area contributed by atoms with Crippen LogP contribution in [0.25, 0.3) is 0 Å². The number of rotatable bonds is 10. The molecule has 1 aliphatic rings. The van der Waals surface area contributed by atoms with Gasteiger partial charge in [0.1, 0.15) is 11.5 Å². The first-order valence-electron chi connectivity index (χ1n) is 12.1. The van der Waals surface area contributed by atoms with Gasteiger partial charge in [-0.15, -0.1) is 0 Å². The molecule has 198 valence electrons. The van der Waals surface area contributed by atoms with Crippen LogP contribution in [-0.2, 0) is 23.0 Å². The Morgan fingerprint density at radius 1 is 0.865 bits per heavy atom. The minimum absolute atomic E-state index is 0.185. The number of ether oxygens (including phenoxy) is 4. The van der Waals surface area contributed by atoms with Gasteiger partial charge in [0.15, 0.2) is 11.5 Å². The molecule has 0 fully saturated rings. The van der Waals surface area contributed by atoms with Gasteiger partial charge >= 0.3 is 0 Å². The van der Waals surface area contributed by atoms with E-state index < -0.39 is 16.1 Å². The van der Waals surface area contributed by atoms with Gasteiger partial charge in [0.25, 0.3) is 0 Å². The normalized spacial score (nSPS) is 16.5. The molecule has 0 aromatic heterocycles. The molecule has 2 atom stereocenters. The average molecular weight is 527 g/mol. The van der Waals surface area contributed by atoms with Crippen molar-refractivity contribution >= 4 is 10.0 Å². The molecule has 1 aliphatic heterocycles. The van der Waals surface area contributed by atoms with Gasteiger partial charge in [-0.3, -0.25) is 4.90 Å². The summed E-state index contributed by atoms with van der Waals surface area (Å²) in [5.74, 6) is 2.67. The van der Waals surface area contributed by atoms with Crippen LogP contribution in [0.2, 0.25) is 0 Å².